The molecule has 66 heavy (non-hydrogen) atoms. The van der Waals surface area contributed by atoms with E-state index in [1.165, 1.54) is 21.1 Å². The second-order valence-corrected chi connectivity index (χ2v) is 19.7. The lowest BCUT2D eigenvalue weighted by molar-refractivity contribution is -0.285. The highest BCUT2D eigenvalue weighted by atomic mass is 16.6. The second kappa shape index (κ2) is 25.3. The molecule has 1 aliphatic carbocycles. The van der Waals surface area contributed by atoms with Crippen molar-refractivity contribution in [2.24, 2.45) is 35.5 Å². The molecule has 3 aliphatic heterocycles. The summed E-state index contributed by atoms with van der Waals surface area (Å²) in [7, 11) is 4.44. The Bertz CT molecular complexity index is 1790. The van der Waals surface area contributed by atoms with Crippen LogP contribution in [-0.4, -0.2) is 143 Å². The number of allylic oxidation sites excluding steroid dienone is 6. The molecule has 0 radical (unpaired) electrons. The fraction of sp³-hybridized carbons (Fsp3) is 0.745. The van der Waals surface area contributed by atoms with Crippen LogP contribution in [0.25, 0.3) is 0 Å². The molecule has 3 fully saturated rings. The Kier molecular flexibility index (Phi) is 21.1. The number of aliphatic hydroxyl groups is 4. The third-order valence-corrected chi connectivity index (χ3v) is 14.6. The van der Waals surface area contributed by atoms with E-state index < -0.39 is 90.0 Å². The number of ketones is 3. The Labute approximate surface area is 392 Å². The molecule has 3 heterocycles. The molecule has 1 amide bonds. The molecule has 16 atom stereocenters. The summed E-state index contributed by atoms with van der Waals surface area (Å²) in [5.41, 5.74) is 1.17. The van der Waals surface area contributed by atoms with E-state index in [4.69, 9.17) is 23.7 Å². The number of hydrogen-bond acceptors (Lipinski definition) is 14. The van der Waals surface area contributed by atoms with Gasteiger partial charge >= 0.3 is 5.97 Å². The van der Waals surface area contributed by atoms with E-state index in [1.807, 2.05) is 51.2 Å². The zero-order valence-corrected chi connectivity index (χ0v) is 40.9. The van der Waals surface area contributed by atoms with Gasteiger partial charge in [0.25, 0.3) is 11.7 Å². The Hall–Kier alpha value is -3.41. The monoisotopic (exact) mass is 930 g/mol. The van der Waals surface area contributed by atoms with Crippen molar-refractivity contribution in [2.75, 3.05) is 27.9 Å². The van der Waals surface area contributed by atoms with Gasteiger partial charge in [0.2, 0.25) is 5.79 Å². The number of ether oxygens (including phenoxy) is 5. The zero-order valence-electron chi connectivity index (χ0n) is 40.9. The molecule has 1 saturated carbocycles. The quantitative estimate of drug-likeness (QED) is 0.154. The van der Waals surface area contributed by atoms with Crippen LogP contribution in [0.4, 0.5) is 0 Å². The second-order valence-electron chi connectivity index (χ2n) is 19.7. The average Bonchev–Trinajstić information content (AvgIpc) is 3.29. The van der Waals surface area contributed by atoms with Gasteiger partial charge in [-0.05, 0) is 94.1 Å². The molecule has 4 rings (SSSR count). The molecule has 372 valence electrons. The summed E-state index contributed by atoms with van der Waals surface area (Å²) in [6, 6.07) is -1.21. The lowest BCUT2D eigenvalue weighted by Gasteiger charge is -2.44. The third kappa shape index (κ3) is 14.1. The van der Waals surface area contributed by atoms with Gasteiger partial charge in [-0.1, -0.05) is 71.1 Å². The van der Waals surface area contributed by atoms with Crippen molar-refractivity contribution in [2.45, 2.75) is 180 Å². The SMILES string of the molecule is COC1C[C@@H]2CC(O)[C@@H](C)[C@@](O)(O2)C(=O)C(=O)N2CCCC[C@H]2C(=O)O[C@H]([C@H](C)C[C@@H]2CC[C@@H](O)[C@H](OC)C2)CC(=O)[C@H](C)/C=C(\C)[C@@H](O)C(OC)C(=O)[C@H](C)C[C@H](C)/C=C/C=C/C=C/1C. The van der Waals surface area contributed by atoms with Gasteiger partial charge < -0.3 is 49.0 Å². The first kappa shape index (κ1) is 55.2. The van der Waals surface area contributed by atoms with Crippen LogP contribution in [0.15, 0.2) is 47.6 Å². The molecule has 0 aromatic heterocycles. The number of methoxy groups -OCH3 is 3. The fourth-order valence-corrected chi connectivity index (χ4v) is 10.2. The summed E-state index contributed by atoms with van der Waals surface area (Å²) >= 11 is 0. The number of carbonyl (C=O) groups excluding carboxylic acids is 5. The van der Waals surface area contributed by atoms with E-state index in [2.05, 4.69) is 0 Å². The number of piperidine rings is 1. The van der Waals surface area contributed by atoms with Crippen LogP contribution >= 0.6 is 0 Å². The van der Waals surface area contributed by atoms with Gasteiger partial charge in [0.15, 0.2) is 5.78 Å². The number of hydrogen-bond donors (Lipinski definition) is 4. The number of rotatable bonds is 6. The third-order valence-electron chi connectivity index (χ3n) is 14.6. The van der Waals surface area contributed by atoms with Crippen LogP contribution in [0.2, 0.25) is 0 Å². The molecular formula is C51H79NO14. The van der Waals surface area contributed by atoms with E-state index in [9.17, 15) is 44.4 Å². The van der Waals surface area contributed by atoms with E-state index in [-0.39, 0.29) is 67.7 Å². The van der Waals surface area contributed by atoms with Crippen LogP contribution < -0.4 is 0 Å². The zero-order chi connectivity index (χ0) is 49.0. The van der Waals surface area contributed by atoms with E-state index in [0.717, 1.165) is 10.5 Å². The summed E-state index contributed by atoms with van der Waals surface area (Å²) in [5, 5.41) is 45.0. The van der Waals surface area contributed by atoms with E-state index >= 15 is 0 Å². The van der Waals surface area contributed by atoms with Crippen LogP contribution in [-0.2, 0) is 47.7 Å². The number of fused-ring (bicyclic) bond motifs is 3. The number of carbonyl (C=O) groups is 5. The fourth-order valence-electron chi connectivity index (χ4n) is 10.2. The Morgan fingerprint density at radius 3 is 2.21 bits per heavy atom. The minimum absolute atomic E-state index is 0.00715. The van der Waals surface area contributed by atoms with Crippen molar-refractivity contribution in [3.63, 3.8) is 0 Å². The van der Waals surface area contributed by atoms with Crippen LogP contribution in [0, 0.1) is 35.5 Å². The molecule has 2 bridgehead atoms. The Morgan fingerprint density at radius 2 is 1.55 bits per heavy atom. The molecule has 0 spiro atoms. The molecule has 4 N–H and O–H groups in total. The topological polar surface area (TPSA) is 216 Å². The number of cyclic esters (lactones) is 1. The number of aliphatic hydroxyl groups excluding tert-OH is 3. The lowest BCUT2D eigenvalue weighted by Crippen LogP contribution is -2.63. The lowest BCUT2D eigenvalue weighted by atomic mass is 9.78. The van der Waals surface area contributed by atoms with Gasteiger partial charge in [-0.25, -0.2) is 4.79 Å². The largest absolute Gasteiger partial charge is 0.460 e. The Morgan fingerprint density at radius 1 is 0.833 bits per heavy atom. The first-order valence-corrected chi connectivity index (χ1v) is 24.0. The predicted molar refractivity (Wildman–Crippen MR) is 247 cm³/mol. The van der Waals surface area contributed by atoms with Crippen LogP contribution in [0.3, 0.4) is 0 Å². The summed E-state index contributed by atoms with van der Waals surface area (Å²) in [6.45, 7) is 12.3. The highest BCUT2D eigenvalue weighted by Crippen LogP contribution is 2.38. The molecule has 0 aromatic carbocycles. The highest BCUT2D eigenvalue weighted by Gasteiger charge is 2.56. The molecule has 3 unspecified atom stereocenters. The maximum atomic E-state index is 14.4. The van der Waals surface area contributed by atoms with E-state index in [1.54, 1.807) is 34.0 Å². The number of nitrogens with zero attached hydrogens (tertiary/aromatic N) is 1. The van der Waals surface area contributed by atoms with Crippen molar-refractivity contribution in [1.29, 1.82) is 0 Å². The summed E-state index contributed by atoms with van der Waals surface area (Å²) in [6.07, 6.45) is 7.94. The van der Waals surface area contributed by atoms with Gasteiger partial charge in [-0.3, -0.25) is 19.2 Å². The molecule has 15 heteroatoms. The highest BCUT2D eigenvalue weighted by molar-refractivity contribution is 6.39. The smallest absolute Gasteiger partial charge is 0.329 e. The van der Waals surface area contributed by atoms with Crippen LogP contribution in [0.5, 0.6) is 0 Å². The van der Waals surface area contributed by atoms with Crippen molar-refractivity contribution in [1.82, 2.24) is 4.90 Å². The van der Waals surface area contributed by atoms with Crippen LogP contribution in [0.1, 0.15) is 119 Å². The van der Waals surface area contributed by atoms with Gasteiger partial charge in [0.05, 0.1) is 30.5 Å². The normalized spacial score (nSPS) is 41.1. The minimum Gasteiger partial charge on any atom is -0.460 e. The summed E-state index contributed by atoms with van der Waals surface area (Å²) in [5.74, 6) is -9.21. The first-order chi connectivity index (χ1) is 31.2. The van der Waals surface area contributed by atoms with Gasteiger partial charge in [0, 0.05) is 64.9 Å². The summed E-state index contributed by atoms with van der Waals surface area (Å²) < 4.78 is 29.2. The number of esters is 1. The molecule has 0 aromatic rings. The van der Waals surface area contributed by atoms with Crippen molar-refractivity contribution in [3.8, 4) is 0 Å². The van der Waals surface area contributed by atoms with E-state index in [0.29, 0.717) is 50.5 Å². The van der Waals surface area contributed by atoms with Crippen molar-refractivity contribution >= 4 is 29.2 Å². The predicted octanol–water partition coefficient (Wildman–Crippen LogP) is 5.15. The van der Waals surface area contributed by atoms with Crippen molar-refractivity contribution in [3.05, 3.63) is 47.6 Å². The average molecular weight is 930 g/mol. The maximum Gasteiger partial charge on any atom is 0.329 e. The number of amides is 1. The molecule has 15 nitrogen and oxygen atoms in total. The molecule has 4 aliphatic rings. The molecule has 2 saturated heterocycles. The van der Waals surface area contributed by atoms with Gasteiger partial charge in [0.1, 0.15) is 30.1 Å². The number of Topliss-reactive ketones (excluding diaryl/α,β-unsaturated/α-hetero) is 3. The summed E-state index contributed by atoms with van der Waals surface area (Å²) in [4.78, 5) is 71.8. The first-order valence-electron chi connectivity index (χ1n) is 24.0. The van der Waals surface area contributed by atoms with Gasteiger partial charge in [-0.15, -0.1) is 0 Å². The Balaban J connectivity index is 1.72. The minimum atomic E-state index is -2.71. The molecular weight excluding hydrogens is 851 g/mol. The standard InChI is InChI=1S/C51H79NO14/c1-29-16-12-11-13-17-30(2)42(62-8)27-37-26-41(55)35(7)51(61,66-37)48(58)49(59)52-21-15-14-18-38(52)50(60)65-43(32(4)24-36-19-20-39(53)44(25-36)63-9)28-40(54)31(3)23-34(6)46(57)47(64-10)45(56)33(5)22-29/h11-13,16-17,23,29,31-33,35-39,41-44,46-47,53,55,57,61H,14-15,18-22,24-28H2,1-10H3/b13-11+,16-12+,30-17+,34-23+/t29-,31-,32-,33-,35-,36+,37+,38+,39-,41?,42?,43+,44-,46-,47?,51-/m1/s1. The van der Waals surface area contributed by atoms with Gasteiger partial charge in [-0.2, -0.15) is 0 Å². The van der Waals surface area contributed by atoms with Crippen molar-refractivity contribution < 1.29 is 68.1 Å². The maximum absolute atomic E-state index is 14.4.